The van der Waals surface area contributed by atoms with Crippen molar-refractivity contribution in [3.05, 3.63) is 52.6 Å². The maximum atomic E-state index is 12.2. The predicted octanol–water partition coefficient (Wildman–Crippen LogP) is 2.46. The molecule has 1 saturated heterocycles. The van der Waals surface area contributed by atoms with Crippen molar-refractivity contribution in [2.24, 2.45) is 0 Å². The van der Waals surface area contributed by atoms with Crippen LogP contribution in [-0.4, -0.2) is 27.6 Å². The number of aryl methyl sites for hydroxylation is 1. The van der Waals surface area contributed by atoms with Crippen LogP contribution in [0.3, 0.4) is 0 Å². The van der Waals surface area contributed by atoms with E-state index >= 15 is 0 Å². The minimum Gasteiger partial charge on any atom is -0.548 e. The number of carbonyl (C=O) groups is 2. The zero-order chi connectivity index (χ0) is 18.0. The van der Waals surface area contributed by atoms with Gasteiger partial charge in [-0.15, -0.1) is 0 Å². The summed E-state index contributed by atoms with van der Waals surface area (Å²) in [6.07, 6.45) is 2.54. The van der Waals surface area contributed by atoms with Crippen molar-refractivity contribution < 1.29 is 19.1 Å². The number of carboxylic acids is 1. The maximum absolute atomic E-state index is 12.2. The van der Waals surface area contributed by atoms with Crippen LogP contribution >= 0.6 is 24.0 Å². The molecule has 25 heavy (non-hydrogen) atoms. The topological polar surface area (TPSA) is 73.6 Å². The Labute approximate surface area is 154 Å². The predicted molar refractivity (Wildman–Crippen MR) is 98.4 cm³/mol. The number of rotatable bonds is 5. The van der Waals surface area contributed by atoms with E-state index in [9.17, 15) is 14.7 Å². The third-order valence-electron chi connectivity index (χ3n) is 3.71. The van der Waals surface area contributed by atoms with E-state index in [1.807, 2.05) is 30.3 Å². The van der Waals surface area contributed by atoms with E-state index in [4.69, 9.17) is 16.6 Å². The zero-order valence-electron chi connectivity index (χ0n) is 13.4. The number of hydrogen-bond donors (Lipinski definition) is 0. The van der Waals surface area contributed by atoms with Crippen LogP contribution in [0.25, 0.3) is 17.4 Å². The molecule has 7 heteroatoms. The molecule has 3 rings (SSSR count). The Bertz CT molecular complexity index is 867. The monoisotopic (exact) mass is 372 g/mol. The molecule has 1 aromatic carbocycles. The lowest BCUT2D eigenvalue weighted by Gasteiger charge is -2.14. The number of amides is 1. The molecule has 0 spiro atoms. The molecule has 0 unspecified atom stereocenters. The average molecular weight is 372 g/mol. The molecule has 2 heterocycles. The van der Waals surface area contributed by atoms with Crippen molar-refractivity contribution in [2.75, 3.05) is 6.54 Å². The molecule has 0 atom stereocenters. The second-order valence-electron chi connectivity index (χ2n) is 5.39. The second kappa shape index (κ2) is 7.25. The SMILES string of the molecule is CCc1ccc(-c2ccc(/C=C3/SC(=S)N(CC(=O)[O-])C3=O)o2)cc1. The summed E-state index contributed by atoms with van der Waals surface area (Å²) in [5, 5.41) is 10.7. The minimum absolute atomic E-state index is 0.197. The van der Waals surface area contributed by atoms with Gasteiger partial charge in [-0.1, -0.05) is 55.2 Å². The highest BCUT2D eigenvalue weighted by Gasteiger charge is 2.32. The fraction of sp³-hybridized carbons (Fsp3) is 0.167. The number of hydrogen-bond acceptors (Lipinski definition) is 6. The average Bonchev–Trinajstić information content (AvgIpc) is 3.15. The van der Waals surface area contributed by atoms with Gasteiger partial charge in [0, 0.05) is 11.6 Å². The highest BCUT2D eigenvalue weighted by Crippen LogP contribution is 2.33. The normalized spacial score (nSPS) is 16.0. The van der Waals surface area contributed by atoms with Crippen LogP contribution < -0.4 is 5.11 Å². The smallest absolute Gasteiger partial charge is 0.266 e. The third-order valence-corrected chi connectivity index (χ3v) is 5.09. The Hall–Kier alpha value is -2.38. The van der Waals surface area contributed by atoms with Crippen LogP contribution in [0.5, 0.6) is 0 Å². The first-order chi connectivity index (χ1) is 12.0. The molecular formula is C18H14NO4S2-. The van der Waals surface area contributed by atoms with Gasteiger partial charge < -0.3 is 14.3 Å². The van der Waals surface area contributed by atoms with Gasteiger partial charge in [0.15, 0.2) is 0 Å². The third kappa shape index (κ3) is 3.83. The summed E-state index contributed by atoms with van der Waals surface area (Å²) in [6.45, 7) is 1.55. The van der Waals surface area contributed by atoms with Gasteiger partial charge in [0.25, 0.3) is 5.91 Å². The molecule has 0 N–H and O–H groups in total. The lowest BCUT2D eigenvalue weighted by Crippen LogP contribution is -2.40. The van der Waals surface area contributed by atoms with Crippen LogP contribution in [0, 0.1) is 0 Å². The molecule has 1 fully saturated rings. The van der Waals surface area contributed by atoms with Crippen LogP contribution in [0.4, 0.5) is 0 Å². The van der Waals surface area contributed by atoms with Gasteiger partial charge >= 0.3 is 0 Å². The van der Waals surface area contributed by atoms with E-state index in [2.05, 4.69) is 6.92 Å². The van der Waals surface area contributed by atoms with Crippen molar-refractivity contribution in [1.82, 2.24) is 4.90 Å². The maximum Gasteiger partial charge on any atom is 0.266 e. The van der Waals surface area contributed by atoms with E-state index < -0.39 is 18.4 Å². The van der Waals surface area contributed by atoms with Gasteiger partial charge in [-0.25, -0.2) is 0 Å². The fourth-order valence-corrected chi connectivity index (χ4v) is 3.62. The summed E-state index contributed by atoms with van der Waals surface area (Å²) in [5.41, 5.74) is 2.19. The van der Waals surface area contributed by atoms with Gasteiger partial charge in [-0.3, -0.25) is 9.69 Å². The van der Waals surface area contributed by atoms with E-state index in [-0.39, 0.29) is 4.32 Å². The number of carbonyl (C=O) groups excluding carboxylic acids is 2. The molecule has 0 aliphatic carbocycles. The standard InChI is InChI=1S/C18H15NO4S2/c1-2-11-3-5-12(6-4-11)14-8-7-13(23-14)9-15-17(22)19(10-16(20)21)18(24)25-15/h3-9H,2,10H2,1H3,(H,20,21)/p-1/b15-9+. The van der Waals surface area contributed by atoms with Crippen LogP contribution in [0.1, 0.15) is 18.2 Å². The van der Waals surface area contributed by atoms with E-state index in [0.717, 1.165) is 28.6 Å². The molecule has 0 radical (unpaired) electrons. The highest BCUT2D eigenvalue weighted by molar-refractivity contribution is 8.26. The van der Waals surface area contributed by atoms with Gasteiger partial charge in [0.1, 0.15) is 15.8 Å². The summed E-state index contributed by atoms with van der Waals surface area (Å²) in [6, 6.07) is 11.6. The Kier molecular flexibility index (Phi) is 5.06. The van der Waals surface area contributed by atoms with E-state index in [1.165, 1.54) is 5.56 Å². The van der Waals surface area contributed by atoms with Crippen LogP contribution in [-0.2, 0) is 16.0 Å². The Morgan fingerprint density at radius 3 is 2.64 bits per heavy atom. The van der Waals surface area contributed by atoms with Gasteiger partial charge in [-0.05, 0) is 24.1 Å². The molecule has 5 nitrogen and oxygen atoms in total. The zero-order valence-corrected chi connectivity index (χ0v) is 15.0. The van der Waals surface area contributed by atoms with Gasteiger partial charge in [-0.2, -0.15) is 0 Å². The highest BCUT2D eigenvalue weighted by atomic mass is 32.2. The van der Waals surface area contributed by atoms with Gasteiger partial charge in [0.05, 0.1) is 17.4 Å². The van der Waals surface area contributed by atoms with Crippen LogP contribution in [0.15, 0.2) is 45.7 Å². The largest absolute Gasteiger partial charge is 0.548 e. The summed E-state index contributed by atoms with van der Waals surface area (Å²) < 4.78 is 5.97. The molecule has 1 aromatic heterocycles. The molecule has 1 amide bonds. The number of carboxylic acid groups (broad SMARTS) is 1. The van der Waals surface area contributed by atoms with Crippen molar-refractivity contribution in [3.8, 4) is 11.3 Å². The fourth-order valence-electron chi connectivity index (χ4n) is 2.38. The molecule has 1 aliphatic rings. The number of aliphatic carboxylic acids is 1. The van der Waals surface area contributed by atoms with Gasteiger partial charge in [0.2, 0.25) is 0 Å². The summed E-state index contributed by atoms with van der Waals surface area (Å²) >= 11 is 6.09. The quantitative estimate of drug-likeness (QED) is 0.593. The van der Waals surface area contributed by atoms with E-state index in [1.54, 1.807) is 12.1 Å². The summed E-state index contributed by atoms with van der Waals surface area (Å²) in [4.78, 5) is 24.3. The van der Waals surface area contributed by atoms with E-state index in [0.29, 0.717) is 16.4 Å². The number of nitrogens with zero attached hydrogens (tertiary/aromatic N) is 1. The molecule has 2 aromatic rings. The summed E-state index contributed by atoms with van der Waals surface area (Å²) in [7, 11) is 0. The Balaban J connectivity index is 1.80. The molecule has 0 bridgehead atoms. The van der Waals surface area contributed by atoms with Crippen molar-refractivity contribution >= 4 is 46.3 Å². The first kappa shape index (κ1) is 17.4. The lowest BCUT2D eigenvalue weighted by atomic mass is 10.1. The first-order valence-corrected chi connectivity index (χ1v) is 8.84. The second-order valence-corrected chi connectivity index (χ2v) is 7.07. The lowest BCUT2D eigenvalue weighted by molar-refractivity contribution is -0.305. The molecule has 1 aliphatic heterocycles. The van der Waals surface area contributed by atoms with Crippen molar-refractivity contribution in [2.45, 2.75) is 13.3 Å². The molecular weight excluding hydrogens is 358 g/mol. The molecule has 128 valence electrons. The Morgan fingerprint density at radius 1 is 1.28 bits per heavy atom. The number of thiocarbonyl (C=S) groups is 1. The number of thioether (sulfide) groups is 1. The molecule has 0 saturated carbocycles. The Morgan fingerprint density at radius 2 is 2.00 bits per heavy atom. The number of furan rings is 1. The summed E-state index contributed by atoms with van der Waals surface area (Å²) in [5.74, 6) is -0.611. The first-order valence-electron chi connectivity index (χ1n) is 7.62. The van der Waals surface area contributed by atoms with Crippen molar-refractivity contribution in [3.63, 3.8) is 0 Å². The number of benzene rings is 1. The van der Waals surface area contributed by atoms with Crippen LogP contribution in [0.2, 0.25) is 0 Å². The van der Waals surface area contributed by atoms with Crippen molar-refractivity contribution in [1.29, 1.82) is 0 Å². The minimum atomic E-state index is -1.35.